The number of ether oxygens (including phenoxy) is 2. The van der Waals surface area contributed by atoms with Gasteiger partial charge in [0, 0.05) is 12.5 Å². The second-order valence-corrected chi connectivity index (χ2v) is 3.54. The van der Waals surface area contributed by atoms with Crippen LogP contribution in [0.4, 0.5) is 0 Å². The Hall–Kier alpha value is -0.650. The zero-order valence-electron chi connectivity index (χ0n) is 8.23. The van der Waals surface area contributed by atoms with Crippen molar-refractivity contribution >= 4 is 5.97 Å². The van der Waals surface area contributed by atoms with Gasteiger partial charge in [0.15, 0.2) is 5.60 Å². The minimum absolute atomic E-state index is 0.0410. The van der Waals surface area contributed by atoms with Crippen molar-refractivity contribution in [3.63, 3.8) is 0 Å². The summed E-state index contributed by atoms with van der Waals surface area (Å²) < 4.78 is 10.3. The van der Waals surface area contributed by atoms with E-state index in [1.807, 2.05) is 0 Å². The van der Waals surface area contributed by atoms with Gasteiger partial charge in [0.2, 0.25) is 0 Å². The lowest BCUT2D eigenvalue weighted by Crippen LogP contribution is -2.46. The lowest BCUT2D eigenvalue weighted by atomic mass is 9.88. The number of hydrogen-bond donors (Lipinski definition) is 2. The van der Waals surface area contributed by atoms with Gasteiger partial charge in [-0.05, 0) is 13.3 Å². The average molecular weight is 204 g/mol. The Bertz CT molecular complexity index is 199. The minimum Gasteiger partial charge on any atom is -0.479 e. The summed E-state index contributed by atoms with van der Waals surface area (Å²) in [5.74, 6) is -1.13. The average Bonchev–Trinajstić information content (AvgIpc) is 2.66. The van der Waals surface area contributed by atoms with Crippen molar-refractivity contribution in [2.45, 2.75) is 18.9 Å². The van der Waals surface area contributed by atoms with Gasteiger partial charge in [-0.3, -0.25) is 0 Å². The predicted octanol–water partition coefficient (Wildman–Crippen LogP) is -0.125. The molecule has 0 saturated carbocycles. The van der Waals surface area contributed by atoms with E-state index in [2.05, 4.69) is 0 Å². The molecule has 2 N–H and O–H groups in total. The molecule has 0 aromatic heterocycles. The van der Waals surface area contributed by atoms with Crippen molar-refractivity contribution in [1.29, 1.82) is 0 Å². The summed E-state index contributed by atoms with van der Waals surface area (Å²) in [6.07, 6.45) is 0.689. The SMILES string of the molecule is CC(OCCO)(C(=O)O)C1CCOC1. The van der Waals surface area contributed by atoms with Crippen molar-refractivity contribution in [1.82, 2.24) is 0 Å². The lowest BCUT2D eigenvalue weighted by Gasteiger charge is -2.30. The van der Waals surface area contributed by atoms with E-state index in [0.717, 1.165) is 0 Å². The second-order valence-electron chi connectivity index (χ2n) is 3.54. The molecule has 1 rings (SSSR count). The fourth-order valence-electron chi connectivity index (χ4n) is 1.58. The van der Waals surface area contributed by atoms with E-state index in [9.17, 15) is 4.79 Å². The highest BCUT2D eigenvalue weighted by molar-refractivity contribution is 5.77. The molecule has 1 heterocycles. The Morgan fingerprint density at radius 1 is 1.71 bits per heavy atom. The third kappa shape index (κ3) is 2.23. The Kier molecular flexibility index (Phi) is 3.86. The molecule has 0 bridgehead atoms. The van der Waals surface area contributed by atoms with Crippen LogP contribution in [0.1, 0.15) is 13.3 Å². The molecular weight excluding hydrogens is 188 g/mol. The standard InChI is InChI=1S/C9H16O5/c1-9(8(11)12,14-5-3-10)7-2-4-13-6-7/h7,10H,2-6H2,1H3,(H,11,12). The van der Waals surface area contributed by atoms with Gasteiger partial charge in [0.25, 0.3) is 0 Å². The summed E-state index contributed by atoms with van der Waals surface area (Å²) in [6.45, 7) is 2.39. The molecule has 0 radical (unpaired) electrons. The van der Waals surface area contributed by atoms with Gasteiger partial charge in [-0.25, -0.2) is 4.79 Å². The molecule has 0 amide bonds. The molecular formula is C9H16O5. The number of aliphatic hydroxyl groups is 1. The van der Waals surface area contributed by atoms with Crippen molar-refractivity contribution in [3.05, 3.63) is 0 Å². The molecule has 5 nitrogen and oxygen atoms in total. The summed E-state index contributed by atoms with van der Waals surface area (Å²) in [5.41, 5.74) is -1.24. The number of hydrogen-bond acceptors (Lipinski definition) is 4. The second kappa shape index (κ2) is 4.72. The smallest absolute Gasteiger partial charge is 0.336 e. The van der Waals surface area contributed by atoms with Crippen LogP contribution in [-0.4, -0.2) is 48.2 Å². The third-order valence-corrected chi connectivity index (χ3v) is 2.63. The fourth-order valence-corrected chi connectivity index (χ4v) is 1.58. The Morgan fingerprint density at radius 2 is 2.43 bits per heavy atom. The van der Waals surface area contributed by atoms with Gasteiger partial charge < -0.3 is 19.7 Å². The molecule has 1 aliphatic rings. The van der Waals surface area contributed by atoms with E-state index < -0.39 is 11.6 Å². The summed E-state index contributed by atoms with van der Waals surface area (Å²) >= 11 is 0. The molecule has 0 aromatic carbocycles. The van der Waals surface area contributed by atoms with Gasteiger partial charge in [-0.15, -0.1) is 0 Å². The molecule has 1 fully saturated rings. The summed E-state index contributed by atoms with van der Waals surface area (Å²) in [4.78, 5) is 11.1. The number of carboxylic acid groups (broad SMARTS) is 1. The van der Waals surface area contributed by atoms with Gasteiger partial charge in [-0.1, -0.05) is 0 Å². The number of aliphatic carboxylic acids is 1. The first kappa shape index (κ1) is 11.4. The van der Waals surface area contributed by atoms with Crippen molar-refractivity contribution < 1.29 is 24.5 Å². The Balaban J connectivity index is 2.64. The van der Waals surface area contributed by atoms with E-state index in [0.29, 0.717) is 19.6 Å². The van der Waals surface area contributed by atoms with E-state index in [1.165, 1.54) is 6.92 Å². The Morgan fingerprint density at radius 3 is 2.86 bits per heavy atom. The molecule has 2 unspecified atom stereocenters. The van der Waals surface area contributed by atoms with E-state index in [4.69, 9.17) is 19.7 Å². The lowest BCUT2D eigenvalue weighted by molar-refractivity contribution is -0.173. The maximum Gasteiger partial charge on any atom is 0.336 e. The van der Waals surface area contributed by atoms with Crippen LogP contribution in [-0.2, 0) is 14.3 Å². The number of aliphatic hydroxyl groups excluding tert-OH is 1. The Labute approximate surface area is 82.6 Å². The maximum absolute atomic E-state index is 11.1. The normalized spacial score (nSPS) is 26.0. The van der Waals surface area contributed by atoms with Crippen LogP contribution in [0.25, 0.3) is 0 Å². The first-order valence-electron chi connectivity index (χ1n) is 4.67. The number of carboxylic acids is 1. The molecule has 2 atom stereocenters. The summed E-state index contributed by atoms with van der Waals surface area (Å²) in [6, 6.07) is 0. The summed E-state index contributed by atoms with van der Waals surface area (Å²) in [5, 5.41) is 17.7. The highest BCUT2D eigenvalue weighted by Gasteiger charge is 2.44. The first-order valence-corrected chi connectivity index (χ1v) is 4.67. The first-order chi connectivity index (χ1) is 6.61. The molecule has 82 valence electrons. The molecule has 0 spiro atoms. The summed E-state index contributed by atoms with van der Waals surface area (Å²) in [7, 11) is 0. The minimum atomic E-state index is -1.24. The zero-order chi connectivity index (χ0) is 10.6. The van der Waals surface area contributed by atoms with Crippen LogP contribution in [0.5, 0.6) is 0 Å². The van der Waals surface area contributed by atoms with Crippen molar-refractivity contribution in [2.75, 3.05) is 26.4 Å². The van der Waals surface area contributed by atoms with E-state index in [-0.39, 0.29) is 19.1 Å². The van der Waals surface area contributed by atoms with Crippen molar-refractivity contribution in [2.24, 2.45) is 5.92 Å². The number of rotatable bonds is 5. The highest BCUT2D eigenvalue weighted by Crippen LogP contribution is 2.29. The fraction of sp³-hybridized carbons (Fsp3) is 0.889. The quantitative estimate of drug-likeness (QED) is 0.652. The predicted molar refractivity (Wildman–Crippen MR) is 48.0 cm³/mol. The largest absolute Gasteiger partial charge is 0.479 e. The van der Waals surface area contributed by atoms with Crippen LogP contribution in [0.3, 0.4) is 0 Å². The molecule has 14 heavy (non-hydrogen) atoms. The molecule has 1 aliphatic heterocycles. The molecule has 0 aromatic rings. The monoisotopic (exact) mass is 204 g/mol. The van der Waals surface area contributed by atoms with Gasteiger partial charge in [0.05, 0.1) is 19.8 Å². The van der Waals surface area contributed by atoms with Crippen LogP contribution < -0.4 is 0 Å². The molecule has 0 aliphatic carbocycles. The maximum atomic E-state index is 11.1. The number of carbonyl (C=O) groups is 1. The van der Waals surface area contributed by atoms with Crippen LogP contribution >= 0.6 is 0 Å². The zero-order valence-corrected chi connectivity index (χ0v) is 8.23. The van der Waals surface area contributed by atoms with Crippen molar-refractivity contribution in [3.8, 4) is 0 Å². The van der Waals surface area contributed by atoms with Crippen LogP contribution in [0.15, 0.2) is 0 Å². The van der Waals surface area contributed by atoms with E-state index in [1.54, 1.807) is 0 Å². The van der Waals surface area contributed by atoms with Gasteiger partial charge >= 0.3 is 5.97 Å². The van der Waals surface area contributed by atoms with Crippen LogP contribution in [0, 0.1) is 5.92 Å². The molecule has 5 heteroatoms. The van der Waals surface area contributed by atoms with Gasteiger partial charge in [-0.2, -0.15) is 0 Å². The van der Waals surface area contributed by atoms with Gasteiger partial charge in [0.1, 0.15) is 0 Å². The van der Waals surface area contributed by atoms with Crippen LogP contribution in [0.2, 0.25) is 0 Å². The topological polar surface area (TPSA) is 76.0 Å². The van der Waals surface area contributed by atoms with E-state index >= 15 is 0 Å². The highest BCUT2D eigenvalue weighted by atomic mass is 16.5. The third-order valence-electron chi connectivity index (χ3n) is 2.63. The molecule has 1 saturated heterocycles.